The number of rotatable bonds is 4. The first-order valence-electron chi connectivity index (χ1n) is 7.84. The van der Waals surface area contributed by atoms with Gasteiger partial charge in [0.05, 0.1) is 13.7 Å². The first kappa shape index (κ1) is 13.7. The van der Waals surface area contributed by atoms with Crippen LogP contribution in [0.1, 0.15) is 50.6 Å². The van der Waals surface area contributed by atoms with Crippen molar-refractivity contribution in [2.75, 3.05) is 13.7 Å². The Morgan fingerprint density at radius 2 is 2.05 bits per heavy atom. The smallest absolute Gasteiger partial charge is 0.124 e. The van der Waals surface area contributed by atoms with Crippen LogP contribution in [0.15, 0.2) is 18.2 Å². The summed E-state index contributed by atoms with van der Waals surface area (Å²) in [7, 11) is 1.72. The van der Waals surface area contributed by atoms with E-state index in [0.29, 0.717) is 12.1 Å². The predicted molar refractivity (Wildman–Crippen MR) is 80.4 cm³/mol. The van der Waals surface area contributed by atoms with E-state index in [1.54, 1.807) is 7.11 Å². The van der Waals surface area contributed by atoms with E-state index in [9.17, 15) is 0 Å². The van der Waals surface area contributed by atoms with Gasteiger partial charge < -0.3 is 14.8 Å². The van der Waals surface area contributed by atoms with Crippen molar-refractivity contribution >= 4 is 0 Å². The van der Waals surface area contributed by atoms with E-state index >= 15 is 0 Å². The molecule has 1 aliphatic carbocycles. The molecule has 1 aromatic rings. The van der Waals surface area contributed by atoms with Crippen molar-refractivity contribution in [3.05, 3.63) is 23.8 Å². The maximum Gasteiger partial charge on any atom is 0.124 e. The van der Waals surface area contributed by atoms with Crippen LogP contribution in [0, 0.1) is 5.92 Å². The fraction of sp³-hybridized carbons (Fsp3) is 0.647. The molecule has 2 atom stereocenters. The number of fused-ring (bicyclic) bond motifs is 1. The molecule has 0 bridgehead atoms. The van der Waals surface area contributed by atoms with E-state index in [2.05, 4.69) is 18.3 Å². The molecule has 0 spiro atoms. The number of hydrogen-bond donors (Lipinski definition) is 1. The molecule has 1 aliphatic heterocycles. The van der Waals surface area contributed by atoms with E-state index in [4.69, 9.17) is 9.47 Å². The molecule has 0 saturated heterocycles. The second-order valence-corrected chi connectivity index (χ2v) is 6.09. The third-order valence-corrected chi connectivity index (χ3v) is 4.83. The number of nitrogens with one attached hydrogen (secondary N) is 1. The lowest BCUT2D eigenvalue weighted by atomic mass is 9.95. The standard InChI is InChI=1S/C17H25NO2/c1-12(13-5-3-4-6-13)18-16-9-10-20-17-8-7-14(19-2)11-15(16)17/h7-8,11-13,16,18H,3-6,9-10H2,1-2H3/t12-,16?/m1/s1. The van der Waals surface area contributed by atoms with Gasteiger partial charge in [0.1, 0.15) is 11.5 Å². The van der Waals surface area contributed by atoms with Crippen LogP contribution in [-0.4, -0.2) is 19.8 Å². The first-order valence-corrected chi connectivity index (χ1v) is 7.84. The third kappa shape index (κ3) is 2.78. The van der Waals surface area contributed by atoms with Crippen LogP contribution in [0.5, 0.6) is 11.5 Å². The maximum atomic E-state index is 5.76. The SMILES string of the molecule is COc1ccc2c(c1)C(N[C@H](C)C1CCCC1)CCO2. The molecular formula is C17H25NO2. The Hall–Kier alpha value is -1.22. The van der Waals surface area contributed by atoms with E-state index in [1.807, 2.05) is 12.1 Å². The quantitative estimate of drug-likeness (QED) is 0.909. The molecule has 2 aliphatic rings. The highest BCUT2D eigenvalue weighted by atomic mass is 16.5. The maximum absolute atomic E-state index is 5.76. The molecule has 1 heterocycles. The van der Waals surface area contributed by atoms with Gasteiger partial charge in [0.2, 0.25) is 0 Å². The Kier molecular flexibility index (Phi) is 4.16. The van der Waals surface area contributed by atoms with Crippen molar-refractivity contribution in [2.45, 2.75) is 51.1 Å². The molecule has 20 heavy (non-hydrogen) atoms. The van der Waals surface area contributed by atoms with Gasteiger partial charge in [-0.05, 0) is 43.9 Å². The normalized spacial score (nSPS) is 24.0. The van der Waals surface area contributed by atoms with Crippen LogP contribution in [0.3, 0.4) is 0 Å². The zero-order valence-corrected chi connectivity index (χ0v) is 12.5. The highest BCUT2D eigenvalue weighted by Crippen LogP contribution is 2.36. The van der Waals surface area contributed by atoms with Crippen LogP contribution in [0.25, 0.3) is 0 Å². The van der Waals surface area contributed by atoms with Gasteiger partial charge >= 0.3 is 0 Å². The zero-order chi connectivity index (χ0) is 13.9. The van der Waals surface area contributed by atoms with Gasteiger partial charge in [-0.25, -0.2) is 0 Å². The van der Waals surface area contributed by atoms with E-state index in [0.717, 1.165) is 30.4 Å². The monoisotopic (exact) mass is 275 g/mol. The molecule has 110 valence electrons. The third-order valence-electron chi connectivity index (χ3n) is 4.83. The van der Waals surface area contributed by atoms with E-state index < -0.39 is 0 Å². The largest absolute Gasteiger partial charge is 0.497 e. The summed E-state index contributed by atoms with van der Waals surface area (Å²) in [4.78, 5) is 0. The summed E-state index contributed by atoms with van der Waals surface area (Å²) in [6.45, 7) is 3.14. The number of ether oxygens (including phenoxy) is 2. The predicted octanol–water partition coefficient (Wildman–Crippen LogP) is 3.69. The molecule has 3 nitrogen and oxygen atoms in total. The zero-order valence-electron chi connectivity index (χ0n) is 12.5. The average molecular weight is 275 g/mol. The summed E-state index contributed by atoms with van der Waals surface area (Å²) in [5, 5.41) is 3.83. The molecule has 3 heteroatoms. The topological polar surface area (TPSA) is 30.5 Å². The van der Waals surface area contributed by atoms with Gasteiger partial charge in [0.25, 0.3) is 0 Å². The van der Waals surface area contributed by atoms with Crippen LogP contribution in [0.2, 0.25) is 0 Å². The van der Waals surface area contributed by atoms with E-state index in [1.165, 1.54) is 31.2 Å². The highest BCUT2D eigenvalue weighted by molar-refractivity contribution is 5.43. The van der Waals surface area contributed by atoms with Gasteiger partial charge in [0, 0.05) is 24.1 Å². The minimum Gasteiger partial charge on any atom is -0.497 e. The number of methoxy groups -OCH3 is 1. The average Bonchev–Trinajstić information content (AvgIpc) is 3.01. The summed E-state index contributed by atoms with van der Waals surface area (Å²) in [6, 6.07) is 7.10. The summed E-state index contributed by atoms with van der Waals surface area (Å²) < 4.78 is 11.1. The van der Waals surface area contributed by atoms with Gasteiger partial charge in [-0.1, -0.05) is 12.8 Å². The Morgan fingerprint density at radius 1 is 1.25 bits per heavy atom. The molecule has 1 aromatic carbocycles. The van der Waals surface area contributed by atoms with Crippen LogP contribution in [-0.2, 0) is 0 Å². The van der Waals surface area contributed by atoms with Crippen molar-refractivity contribution in [3.63, 3.8) is 0 Å². The summed E-state index contributed by atoms with van der Waals surface area (Å²) in [5.74, 6) is 2.76. The van der Waals surface area contributed by atoms with Crippen molar-refractivity contribution in [1.82, 2.24) is 5.32 Å². The Morgan fingerprint density at radius 3 is 2.80 bits per heavy atom. The molecule has 0 amide bonds. The minimum absolute atomic E-state index is 0.393. The molecule has 3 rings (SSSR count). The Bertz CT molecular complexity index is 454. The minimum atomic E-state index is 0.393. The lowest BCUT2D eigenvalue weighted by Gasteiger charge is -2.31. The lowest BCUT2D eigenvalue weighted by molar-refractivity contribution is 0.232. The molecule has 1 fully saturated rings. The molecule has 0 aromatic heterocycles. The van der Waals surface area contributed by atoms with Gasteiger partial charge in [-0.15, -0.1) is 0 Å². The van der Waals surface area contributed by atoms with Crippen molar-refractivity contribution in [2.24, 2.45) is 5.92 Å². The molecule has 1 saturated carbocycles. The summed E-state index contributed by atoms with van der Waals surface area (Å²) in [5.41, 5.74) is 1.25. The number of hydrogen-bond acceptors (Lipinski definition) is 3. The first-order chi connectivity index (χ1) is 9.78. The van der Waals surface area contributed by atoms with Crippen molar-refractivity contribution in [3.8, 4) is 11.5 Å². The second kappa shape index (κ2) is 6.04. The van der Waals surface area contributed by atoms with Crippen LogP contribution < -0.4 is 14.8 Å². The fourth-order valence-corrected chi connectivity index (χ4v) is 3.58. The molecule has 1 unspecified atom stereocenters. The van der Waals surface area contributed by atoms with Gasteiger partial charge in [-0.3, -0.25) is 0 Å². The fourth-order valence-electron chi connectivity index (χ4n) is 3.58. The summed E-state index contributed by atoms with van der Waals surface area (Å²) in [6.07, 6.45) is 6.59. The van der Waals surface area contributed by atoms with E-state index in [-0.39, 0.29) is 0 Å². The van der Waals surface area contributed by atoms with Crippen molar-refractivity contribution < 1.29 is 9.47 Å². The molecular weight excluding hydrogens is 250 g/mol. The highest BCUT2D eigenvalue weighted by Gasteiger charge is 2.27. The second-order valence-electron chi connectivity index (χ2n) is 6.09. The molecule has 1 N–H and O–H groups in total. The van der Waals surface area contributed by atoms with Crippen molar-refractivity contribution in [1.29, 1.82) is 0 Å². The lowest BCUT2D eigenvalue weighted by Crippen LogP contribution is -2.37. The Labute approximate surface area is 121 Å². The summed E-state index contributed by atoms with van der Waals surface area (Å²) >= 11 is 0. The van der Waals surface area contributed by atoms with Crippen LogP contribution in [0.4, 0.5) is 0 Å². The number of benzene rings is 1. The van der Waals surface area contributed by atoms with Gasteiger partial charge in [-0.2, -0.15) is 0 Å². The van der Waals surface area contributed by atoms with Gasteiger partial charge in [0.15, 0.2) is 0 Å². The van der Waals surface area contributed by atoms with Crippen LogP contribution >= 0.6 is 0 Å². The molecule has 0 radical (unpaired) electrons. The Balaban J connectivity index is 1.74.